The molecule has 1 aromatic carbocycles. The molecule has 7 nitrogen and oxygen atoms in total. The summed E-state index contributed by atoms with van der Waals surface area (Å²) < 4.78 is 27.5. The number of unbranched alkanes of at least 4 members (excludes halogenated alkanes) is 3. The number of hydrogen-bond donors (Lipinski definition) is 2. The molecule has 2 aromatic rings. The zero-order valence-electron chi connectivity index (χ0n) is 17.7. The van der Waals surface area contributed by atoms with Gasteiger partial charge in [-0.1, -0.05) is 33.1 Å². The van der Waals surface area contributed by atoms with E-state index in [0.717, 1.165) is 38.5 Å². The summed E-state index contributed by atoms with van der Waals surface area (Å²) >= 11 is 0. The van der Waals surface area contributed by atoms with Crippen molar-refractivity contribution in [1.29, 1.82) is 0 Å². The van der Waals surface area contributed by atoms with Crippen molar-refractivity contribution >= 4 is 26.8 Å². The van der Waals surface area contributed by atoms with Crippen LogP contribution in [-0.2, 0) is 10.0 Å². The van der Waals surface area contributed by atoms with Gasteiger partial charge >= 0.3 is 0 Å². The van der Waals surface area contributed by atoms with Crippen molar-refractivity contribution < 1.29 is 13.2 Å². The Labute approximate surface area is 177 Å². The summed E-state index contributed by atoms with van der Waals surface area (Å²) in [4.78, 5) is 28.4. The van der Waals surface area contributed by atoms with Crippen molar-refractivity contribution in [3.63, 3.8) is 0 Å². The number of sulfonamides is 1. The average molecular weight is 434 g/mol. The van der Waals surface area contributed by atoms with Crippen molar-refractivity contribution in [1.82, 2.24) is 14.6 Å². The summed E-state index contributed by atoms with van der Waals surface area (Å²) in [5.74, 6) is 0.0758. The molecule has 8 heteroatoms. The normalized spacial score (nSPS) is 16.1. The minimum atomic E-state index is -3.67. The van der Waals surface area contributed by atoms with Gasteiger partial charge in [0.25, 0.3) is 5.91 Å². The molecule has 1 amide bonds. The fourth-order valence-electron chi connectivity index (χ4n) is 3.75. The van der Waals surface area contributed by atoms with Crippen molar-refractivity contribution in [2.24, 2.45) is 5.92 Å². The Morgan fingerprint density at radius 2 is 1.93 bits per heavy atom. The van der Waals surface area contributed by atoms with Crippen LogP contribution in [0, 0.1) is 5.92 Å². The first kappa shape index (κ1) is 22.5. The van der Waals surface area contributed by atoms with E-state index in [-0.39, 0.29) is 15.8 Å². The van der Waals surface area contributed by atoms with Gasteiger partial charge in [-0.05, 0) is 43.4 Å². The van der Waals surface area contributed by atoms with Crippen molar-refractivity contribution in [3.8, 4) is 0 Å². The van der Waals surface area contributed by atoms with Gasteiger partial charge in [0, 0.05) is 36.7 Å². The molecular formula is C22H31N3O4S. The second-order valence-electron chi connectivity index (χ2n) is 8.14. The number of rotatable bonds is 8. The lowest BCUT2D eigenvalue weighted by Gasteiger charge is -2.29. The third kappa shape index (κ3) is 4.92. The second-order valence-corrected chi connectivity index (χ2v) is 10.1. The lowest BCUT2D eigenvalue weighted by molar-refractivity contribution is 0.0951. The maximum Gasteiger partial charge on any atom is 0.256 e. The Balaban J connectivity index is 1.84. The van der Waals surface area contributed by atoms with Crippen LogP contribution in [0.5, 0.6) is 0 Å². The van der Waals surface area contributed by atoms with Gasteiger partial charge in [-0.2, -0.15) is 4.31 Å². The van der Waals surface area contributed by atoms with Crippen LogP contribution >= 0.6 is 0 Å². The molecule has 0 unspecified atom stereocenters. The summed E-state index contributed by atoms with van der Waals surface area (Å²) in [5.41, 5.74) is 0.0455. The van der Waals surface area contributed by atoms with E-state index < -0.39 is 21.4 Å². The van der Waals surface area contributed by atoms with Crippen LogP contribution in [0.25, 0.3) is 10.9 Å². The number of amides is 1. The van der Waals surface area contributed by atoms with Crippen molar-refractivity contribution in [2.45, 2.75) is 57.3 Å². The van der Waals surface area contributed by atoms with Crippen LogP contribution in [0.4, 0.5) is 0 Å². The van der Waals surface area contributed by atoms with Gasteiger partial charge in [0.2, 0.25) is 15.5 Å². The lowest BCUT2D eigenvalue weighted by Crippen LogP contribution is -2.37. The second kappa shape index (κ2) is 9.75. The number of benzene rings is 1. The lowest BCUT2D eigenvalue weighted by atomic mass is 10.0. The van der Waals surface area contributed by atoms with E-state index in [4.69, 9.17) is 0 Å². The van der Waals surface area contributed by atoms with E-state index in [1.807, 2.05) is 0 Å². The Bertz CT molecular complexity index is 1050. The van der Waals surface area contributed by atoms with Crippen LogP contribution in [0.3, 0.4) is 0 Å². The van der Waals surface area contributed by atoms with Crippen LogP contribution in [0.2, 0.25) is 0 Å². The molecule has 1 fully saturated rings. The first-order valence-corrected chi connectivity index (χ1v) is 12.2. The maximum absolute atomic E-state index is 13.0. The maximum atomic E-state index is 13.0. The molecule has 1 aromatic heterocycles. The van der Waals surface area contributed by atoms with Gasteiger partial charge in [-0.15, -0.1) is 0 Å². The Hall–Kier alpha value is -2.19. The fraction of sp³-hybridized carbons (Fsp3) is 0.545. The monoisotopic (exact) mass is 433 g/mol. The molecule has 0 radical (unpaired) electrons. The smallest absolute Gasteiger partial charge is 0.256 e. The zero-order chi connectivity index (χ0) is 21.7. The average Bonchev–Trinajstić information content (AvgIpc) is 2.74. The minimum absolute atomic E-state index is 0.000614. The molecule has 2 heterocycles. The third-order valence-corrected chi connectivity index (χ3v) is 7.69. The van der Waals surface area contributed by atoms with E-state index in [1.165, 1.54) is 22.6 Å². The Morgan fingerprint density at radius 3 is 2.63 bits per heavy atom. The zero-order valence-corrected chi connectivity index (χ0v) is 18.6. The number of fused-ring (bicyclic) bond motifs is 1. The van der Waals surface area contributed by atoms with Crippen molar-refractivity contribution in [3.05, 3.63) is 40.2 Å². The first-order valence-electron chi connectivity index (χ1n) is 10.8. The number of hydrogen-bond acceptors (Lipinski definition) is 4. The number of aromatic nitrogens is 1. The molecule has 0 bridgehead atoms. The summed E-state index contributed by atoms with van der Waals surface area (Å²) in [7, 11) is -3.67. The van der Waals surface area contributed by atoms with E-state index >= 15 is 0 Å². The Morgan fingerprint density at radius 1 is 1.20 bits per heavy atom. The largest absolute Gasteiger partial charge is 0.360 e. The van der Waals surface area contributed by atoms with Crippen LogP contribution in [-0.4, -0.2) is 43.2 Å². The van der Waals surface area contributed by atoms with Crippen LogP contribution < -0.4 is 10.7 Å². The quantitative estimate of drug-likeness (QED) is 0.624. The molecule has 2 N–H and O–H groups in total. The highest BCUT2D eigenvalue weighted by Crippen LogP contribution is 2.24. The molecule has 0 spiro atoms. The number of carbonyl (C=O) groups excluding carboxylic acids is 1. The fourth-order valence-corrected chi connectivity index (χ4v) is 5.25. The molecule has 1 saturated heterocycles. The standard InChI is InChI=1S/C22H31N3O4S/c1-3-4-5-6-11-23-22(27)19-15-24-20-8-7-17(14-18(20)21(19)26)30(28,29)25-12-9-16(2)10-13-25/h7-8,14-16H,3-6,9-13H2,1-2H3,(H,23,27)(H,24,26). The van der Waals surface area contributed by atoms with E-state index in [9.17, 15) is 18.0 Å². The van der Waals surface area contributed by atoms with Gasteiger partial charge in [-0.25, -0.2) is 8.42 Å². The van der Waals surface area contributed by atoms with Gasteiger partial charge < -0.3 is 10.3 Å². The summed E-state index contributed by atoms with van der Waals surface area (Å²) in [6.07, 6.45) is 7.17. The molecule has 0 saturated carbocycles. The number of H-pyrrole nitrogens is 1. The topological polar surface area (TPSA) is 99.3 Å². The van der Waals surface area contributed by atoms with E-state index in [1.54, 1.807) is 6.07 Å². The molecule has 1 aliphatic heterocycles. The molecule has 1 aliphatic rings. The number of nitrogens with zero attached hydrogens (tertiary/aromatic N) is 1. The molecule has 0 aliphatic carbocycles. The Kier molecular flexibility index (Phi) is 7.31. The van der Waals surface area contributed by atoms with Crippen LogP contribution in [0.15, 0.2) is 34.1 Å². The van der Waals surface area contributed by atoms with Gasteiger partial charge in [0.1, 0.15) is 5.56 Å². The van der Waals surface area contributed by atoms with E-state index in [0.29, 0.717) is 31.1 Å². The predicted octanol–water partition coefficient (Wildman–Crippen LogP) is 3.26. The molecule has 3 rings (SSSR count). The molecule has 0 atom stereocenters. The van der Waals surface area contributed by atoms with Gasteiger partial charge in [-0.3, -0.25) is 9.59 Å². The van der Waals surface area contributed by atoms with Crippen LogP contribution in [0.1, 0.15) is 62.7 Å². The predicted molar refractivity (Wildman–Crippen MR) is 118 cm³/mol. The number of carbonyl (C=O) groups is 1. The first-order chi connectivity index (χ1) is 14.3. The summed E-state index contributed by atoms with van der Waals surface area (Å²) in [6, 6.07) is 4.49. The molecule has 164 valence electrons. The SMILES string of the molecule is CCCCCCNC(=O)c1c[nH]c2ccc(S(=O)(=O)N3CCC(C)CC3)cc2c1=O. The van der Waals surface area contributed by atoms with Crippen molar-refractivity contribution in [2.75, 3.05) is 19.6 Å². The highest BCUT2D eigenvalue weighted by molar-refractivity contribution is 7.89. The minimum Gasteiger partial charge on any atom is -0.360 e. The van der Waals surface area contributed by atoms with Gasteiger partial charge in [0.15, 0.2) is 0 Å². The number of nitrogens with one attached hydrogen (secondary N) is 2. The van der Waals surface area contributed by atoms with E-state index in [2.05, 4.69) is 24.1 Å². The number of pyridine rings is 1. The highest BCUT2D eigenvalue weighted by atomic mass is 32.2. The highest BCUT2D eigenvalue weighted by Gasteiger charge is 2.28. The number of aromatic amines is 1. The molecular weight excluding hydrogens is 402 g/mol. The third-order valence-electron chi connectivity index (χ3n) is 5.79. The van der Waals surface area contributed by atoms with Gasteiger partial charge in [0.05, 0.1) is 4.90 Å². The summed E-state index contributed by atoms with van der Waals surface area (Å²) in [6.45, 7) is 5.72. The summed E-state index contributed by atoms with van der Waals surface area (Å²) in [5, 5.41) is 2.99. The molecule has 30 heavy (non-hydrogen) atoms. The number of piperidine rings is 1.